The number of hydrogen-bond donors (Lipinski definition) is 2. The van der Waals surface area contributed by atoms with Crippen LogP contribution in [0, 0.1) is 0 Å². The van der Waals surface area contributed by atoms with Crippen molar-refractivity contribution in [2.75, 3.05) is 0 Å². The molecule has 0 fully saturated rings. The van der Waals surface area contributed by atoms with Crippen molar-refractivity contribution in [1.82, 2.24) is 0 Å². The van der Waals surface area contributed by atoms with E-state index in [4.69, 9.17) is 25.9 Å². The fourth-order valence-corrected chi connectivity index (χ4v) is 0. The predicted molar refractivity (Wildman–Crippen MR) is 36.5 cm³/mol. The number of thiol groups is 2. The quantitative estimate of drug-likeness (QED) is 0.249. The molecule has 0 unspecified atom stereocenters. The third-order valence-electron chi connectivity index (χ3n) is 0. The van der Waals surface area contributed by atoms with E-state index >= 15 is 0 Å². The van der Waals surface area contributed by atoms with E-state index in [1.54, 1.807) is 0 Å². The van der Waals surface area contributed by atoms with Crippen LogP contribution in [0.25, 0.3) is 0 Å². The summed E-state index contributed by atoms with van der Waals surface area (Å²) in [5, 5.41) is 0. The Morgan fingerprint density at radius 1 is 0.800 bits per heavy atom. The molecule has 10 heavy (non-hydrogen) atoms. The minimum absolute atomic E-state index is 0. The standard InChI is InChI=1S/Ca.Mg.2H2O3S.2H/c;;2*1-4(2)3;;/h;;2*4H,(H,1,2,3);;/q;+2;;;;/p-2. The van der Waals surface area contributed by atoms with Gasteiger partial charge in [-0.25, -0.2) is 16.8 Å². The molecule has 56 valence electrons. The third-order valence-corrected chi connectivity index (χ3v) is 0. The molecule has 10 heteroatoms. The molecule has 6 nitrogen and oxygen atoms in total. The van der Waals surface area contributed by atoms with Gasteiger partial charge in [0.2, 0.25) is 0 Å². The molecule has 0 N–H and O–H groups in total. The van der Waals surface area contributed by atoms with Crippen LogP contribution in [0.5, 0.6) is 0 Å². The van der Waals surface area contributed by atoms with E-state index in [-0.39, 0.29) is 60.8 Å². The maximum absolute atomic E-state index is 8.48. The largest absolute Gasteiger partial charge is 2.00 e. The summed E-state index contributed by atoms with van der Waals surface area (Å²) in [5.74, 6) is 0. The number of rotatable bonds is 0. The maximum atomic E-state index is 8.48. The average molecular weight is 229 g/mol. The van der Waals surface area contributed by atoms with E-state index in [2.05, 4.69) is 0 Å². The molecule has 0 amide bonds. The first-order chi connectivity index (χ1) is 3.46. The van der Waals surface area contributed by atoms with Gasteiger partial charge in [0.05, 0.1) is 22.0 Å². The van der Waals surface area contributed by atoms with Crippen LogP contribution in [-0.4, -0.2) is 86.7 Å². The van der Waals surface area contributed by atoms with Gasteiger partial charge in [-0.2, -0.15) is 0 Å². The van der Waals surface area contributed by atoms with Crippen LogP contribution in [0.4, 0.5) is 0 Å². The van der Waals surface area contributed by atoms with Crippen molar-refractivity contribution in [1.29, 1.82) is 0 Å². The van der Waals surface area contributed by atoms with Crippen LogP contribution in [0.3, 0.4) is 0 Å². The Hall–Kier alpha value is 1.85. The van der Waals surface area contributed by atoms with Crippen LogP contribution in [0.2, 0.25) is 0 Å². The third kappa shape index (κ3) is 226. The summed E-state index contributed by atoms with van der Waals surface area (Å²) in [6.07, 6.45) is 0. The minimum atomic E-state index is -3.37. The van der Waals surface area contributed by atoms with Crippen molar-refractivity contribution in [3.8, 4) is 0 Å². The van der Waals surface area contributed by atoms with Crippen molar-refractivity contribution < 1.29 is 25.9 Å². The molecule has 0 aromatic carbocycles. The van der Waals surface area contributed by atoms with Gasteiger partial charge in [0.1, 0.15) is 0 Å². The molecule has 0 aliphatic heterocycles. The summed E-state index contributed by atoms with van der Waals surface area (Å²) in [6, 6.07) is 0. The van der Waals surface area contributed by atoms with Gasteiger partial charge in [-0.1, -0.05) is 0 Å². The minimum Gasteiger partial charge on any atom is 2.00 e. The Morgan fingerprint density at radius 3 is 0.800 bits per heavy atom. The fraction of sp³-hybridized carbons (Fsp3) is 0. The zero-order chi connectivity index (χ0) is 7.15. The first kappa shape index (κ1) is 22.6. The topological polar surface area (TPSA) is 114 Å². The molecule has 0 aliphatic carbocycles. The first-order valence-corrected chi connectivity index (χ1v) is 3.29. The summed E-state index contributed by atoms with van der Waals surface area (Å²) in [4.78, 5) is 0. The second-order valence-corrected chi connectivity index (χ2v) is 1.34. The SMILES string of the molecule is O=[SH](=O)[O-].O=[SH](=O)[O-].[CaH2].[Mg+2]. The predicted octanol–water partition coefficient (Wildman–Crippen LogP) is -3.84. The zero-order valence-corrected chi connectivity index (χ0v) is 7.25. The number of hydrogen-bond acceptors (Lipinski definition) is 6. The molecule has 0 bridgehead atoms. The van der Waals surface area contributed by atoms with Gasteiger partial charge in [0, 0.05) is 0 Å². The van der Waals surface area contributed by atoms with E-state index in [1.807, 2.05) is 0 Å². The average Bonchev–Trinajstić information content (AvgIpc) is 1.25. The molecule has 0 aromatic heterocycles. The molecule has 0 saturated carbocycles. The normalized spacial score (nSPS) is 6.80. The second-order valence-electron chi connectivity index (χ2n) is 0.447. The Labute approximate surface area is 107 Å². The summed E-state index contributed by atoms with van der Waals surface area (Å²) in [7, 11) is -6.74. The van der Waals surface area contributed by atoms with E-state index in [1.165, 1.54) is 0 Å². The zero-order valence-electron chi connectivity index (χ0n) is 4.05. The Morgan fingerprint density at radius 2 is 0.800 bits per heavy atom. The molecule has 0 spiro atoms. The molecule has 0 aromatic rings. The van der Waals surface area contributed by atoms with Gasteiger partial charge in [-0.05, 0) is 0 Å². The van der Waals surface area contributed by atoms with Gasteiger partial charge in [0.25, 0.3) is 0 Å². The van der Waals surface area contributed by atoms with Gasteiger partial charge in [-0.15, -0.1) is 0 Å². The summed E-state index contributed by atoms with van der Waals surface area (Å²) >= 11 is 0. The maximum Gasteiger partial charge on any atom is 2.00 e. The van der Waals surface area contributed by atoms with E-state index in [9.17, 15) is 0 Å². The van der Waals surface area contributed by atoms with Gasteiger partial charge in [0.15, 0.2) is 0 Å². The first-order valence-electron chi connectivity index (χ1n) is 1.10. The van der Waals surface area contributed by atoms with Gasteiger partial charge in [-0.3, -0.25) is 0 Å². The Kier molecular flexibility index (Phi) is 38.7. The van der Waals surface area contributed by atoms with Crippen LogP contribution in [0.1, 0.15) is 0 Å². The van der Waals surface area contributed by atoms with E-state index < -0.39 is 22.0 Å². The molecule has 0 radical (unpaired) electrons. The van der Waals surface area contributed by atoms with Crippen LogP contribution in [0.15, 0.2) is 0 Å². The van der Waals surface area contributed by atoms with E-state index in [0.717, 1.165) is 0 Å². The van der Waals surface area contributed by atoms with Crippen molar-refractivity contribution in [2.24, 2.45) is 0 Å². The van der Waals surface area contributed by atoms with Crippen LogP contribution < -0.4 is 0 Å². The van der Waals surface area contributed by atoms with Crippen LogP contribution in [-0.2, 0) is 22.0 Å². The molecular formula is H4CaMgO6S2. The van der Waals surface area contributed by atoms with E-state index in [0.29, 0.717) is 0 Å². The Balaban J connectivity index is -0.0000000300. The van der Waals surface area contributed by atoms with Crippen molar-refractivity contribution >= 4 is 82.8 Å². The molecule has 0 saturated heterocycles. The summed E-state index contributed by atoms with van der Waals surface area (Å²) in [6.45, 7) is 0. The van der Waals surface area contributed by atoms with Crippen LogP contribution >= 0.6 is 0 Å². The monoisotopic (exact) mass is 228 g/mol. The fourth-order valence-electron chi connectivity index (χ4n) is 0. The second kappa shape index (κ2) is 17.1. The summed E-state index contributed by atoms with van der Waals surface area (Å²) < 4.78 is 50.9. The van der Waals surface area contributed by atoms with Gasteiger partial charge >= 0.3 is 60.8 Å². The van der Waals surface area contributed by atoms with Gasteiger partial charge < -0.3 is 9.11 Å². The molecule has 0 rings (SSSR count). The van der Waals surface area contributed by atoms with Crippen molar-refractivity contribution in [2.45, 2.75) is 0 Å². The molecule has 0 aliphatic rings. The smallest absolute Gasteiger partial charge is 2.00 e. The molecular weight excluding hydrogens is 225 g/mol. The molecule has 0 atom stereocenters. The molecule has 0 heterocycles. The van der Waals surface area contributed by atoms with Crippen molar-refractivity contribution in [3.05, 3.63) is 0 Å². The Bertz CT molecular complexity index is 133. The summed E-state index contributed by atoms with van der Waals surface area (Å²) in [5.41, 5.74) is 0. The van der Waals surface area contributed by atoms with Crippen molar-refractivity contribution in [3.63, 3.8) is 0 Å².